The van der Waals surface area contributed by atoms with Crippen molar-refractivity contribution in [3.05, 3.63) is 47.4 Å². The molecule has 0 atom stereocenters. The Balaban J connectivity index is 1.54. The number of hydrogen-bond donors (Lipinski definition) is 3. The van der Waals surface area contributed by atoms with E-state index in [1.165, 1.54) is 25.4 Å². The van der Waals surface area contributed by atoms with Crippen LogP contribution in [-0.4, -0.2) is 73.7 Å². The number of rotatable bonds is 8. The van der Waals surface area contributed by atoms with Gasteiger partial charge in [0.05, 0.1) is 30.9 Å². The van der Waals surface area contributed by atoms with Crippen LogP contribution in [0.25, 0.3) is 0 Å². The van der Waals surface area contributed by atoms with E-state index in [0.717, 1.165) is 12.3 Å². The summed E-state index contributed by atoms with van der Waals surface area (Å²) in [6, 6.07) is 7.16. The lowest BCUT2D eigenvalue weighted by atomic mass is 10.2. The zero-order chi connectivity index (χ0) is 27.4. The van der Waals surface area contributed by atoms with Crippen LogP contribution in [0.3, 0.4) is 0 Å². The Morgan fingerprint density at radius 1 is 1.05 bits per heavy atom. The van der Waals surface area contributed by atoms with Crippen LogP contribution in [0.5, 0.6) is 5.88 Å². The molecule has 0 bridgehead atoms. The molecule has 0 spiro atoms. The monoisotopic (exact) mass is 564 g/mol. The number of piperazine rings is 1. The lowest BCUT2D eigenvalue weighted by Gasteiger charge is -2.35. The predicted octanol–water partition coefficient (Wildman–Crippen LogP) is 3.20. The molecule has 202 valence electrons. The fraction of sp³-hybridized carbons (Fsp3) is 0.304. The second-order valence-corrected chi connectivity index (χ2v) is 10.6. The molecule has 3 N–H and O–H groups in total. The Morgan fingerprint density at radius 2 is 1.76 bits per heavy atom. The molecule has 3 heterocycles. The summed E-state index contributed by atoms with van der Waals surface area (Å²) in [6.45, 7) is 4.09. The molecular weight excluding hydrogens is 539 g/mol. The van der Waals surface area contributed by atoms with Crippen LogP contribution in [-0.2, 0) is 14.8 Å². The van der Waals surface area contributed by atoms with E-state index in [-0.39, 0.29) is 34.1 Å². The van der Waals surface area contributed by atoms with Crippen molar-refractivity contribution in [2.24, 2.45) is 0 Å². The number of carbonyl (C=O) groups is 1. The van der Waals surface area contributed by atoms with Gasteiger partial charge in [0, 0.05) is 39.2 Å². The third-order valence-electron chi connectivity index (χ3n) is 5.61. The smallest absolute Gasteiger partial charge is 0.239 e. The molecule has 1 aliphatic rings. The molecular formula is C23H26ClFN8O4S. The van der Waals surface area contributed by atoms with Crippen LogP contribution in [0.1, 0.15) is 6.92 Å². The van der Waals surface area contributed by atoms with Gasteiger partial charge in [0.2, 0.25) is 27.8 Å². The number of aromatic nitrogens is 3. The van der Waals surface area contributed by atoms with Crippen molar-refractivity contribution in [2.75, 3.05) is 59.8 Å². The maximum atomic E-state index is 13.8. The molecule has 0 saturated carbocycles. The van der Waals surface area contributed by atoms with Gasteiger partial charge in [0.25, 0.3) is 0 Å². The number of halogens is 2. The molecule has 0 aliphatic carbocycles. The summed E-state index contributed by atoms with van der Waals surface area (Å²) >= 11 is 6.27. The van der Waals surface area contributed by atoms with Crippen LogP contribution >= 0.6 is 11.6 Å². The first kappa shape index (κ1) is 27.1. The van der Waals surface area contributed by atoms with E-state index in [4.69, 9.17) is 16.3 Å². The molecule has 1 fully saturated rings. The molecule has 4 rings (SSSR count). The van der Waals surface area contributed by atoms with Crippen LogP contribution in [0.4, 0.5) is 39.0 Å². The maximum Gasteiger partial charge on any atom is 0.239 e. The van der Waals surface area contributed by atoms with E-state index in [0.29, 0.717) is 43.6 Å². The minimum atomic E-state index is -3.67. The second-order valence-electron chi connectivity index (χ2n) is 8.42. The van der Waals surface area contributed by atoms with Gasteiger partial charge >= 0.3 is 0 Å². The largest absolute Gasteiger partial charge is 0.479 e. The van der Waals surface area contributed by atoms with E-state index >= 15 is 0 Å². The maximum absolute atomic E-state index is 13.8. The van der Waals surface area contributed by atoms with Crippen molar-refractivity contribution in [1.82, 2.24) is 19.9 Å². The van der Waals surface area contributed by atoms with E-state index < -0.39 is 15.8 Å². The highest BCUT2D eigenvalue weighted by Crippen LogP contribution is 2.32. The lowest BCUT2D eigenvalue weighted by Crippen LogP contribution is -2.48. The number of amides is 1. The summed E-state index contributed by atoms with van der Waals surface area (Å²) in [5.74, 6) is 0.745. The summed E-state index contributed by atoms with van der Waals surface area (Å²) in [5.41, 5.74) is 0.715. The van der Waals surface area contributed by atoms with Crippen molar-refractivity contribution in [3.63, 3.8) is 0 Å². The third kappa shape index (κ3) is 6.69. The van der Waals surface area contributed by atoms with Gasteiger partial charge in [-0.2, -0.15) is 9.97 Å². The molecule has 12 nitrogen and oxygen atoms in total. The predicted molar refractivity (Wildman–Crippen MR) is 144 cm³/mol. The van der Waals surface area contributed by atoms with Gasteiger partial charge in [-0.3, -0.25) is 9.52 Å². The molecule has 2 aromatic heterocycles. The van der Waals surface area contributed by atoms with Crippen LogP contribution in [0, 0.1) is 5.82 Å². The number of benzene rings is 1. The number of pyridine rings is 1. The average molecular weight is 565 g/mol. The van der Waals surface area contributed by atoms with Gasteiger partial charge in [-0.1, -0.05) is 11.6 Å². The van der Waals surface area contributed by atoms with Gasteiger partial charge in [-0.25, -0.2) is 17.8 Å². The highest BCUT2D eigenvalue weighted by Gasteiger charge is 2.21. The van der Waals surface area contributed by atoms with Crippen LogP contribution in [0.2, 0.25) is 5.02 Å². The van der Waals surface area contributed by atoms with Gasteiger partial charge in [0.15, 0.2) is 5.82 Å². The van der Waals surface area contributed by atoms with E-state index in [9.17, 15) is 17.6 Å². The van der Waals surface area contributed by atoms with E-state index in [1.807, 2.05) is 6.07 Å². The van der Waals surface area contributed by atoms with Crippen LogP contribution < -0.4 is 25.0 Å². The second kappa shape index (κ2) is 11.2. The number of anilines is 6. The number of hydrogen-bond acceptors (Lipinski definition) is 10. The Hall–Kier alpha value is -3.91. The molecule has 15 heteroatoms. The first-order valence-electron chi connectivity index (χ1n) is 11.4. The molecule has 1 saturated heterocycles. The van der Waals surface area contributed by atoms with Gasteiger partial charge < -0.3 is 25.2 Å². The summed E-state index contributed by atoms with van der Waals surface area (Å²) in [6.07, 6.45) is 2.31. The topological polar surface area (TPSA) is 142 Å². The van der Waals surface area contributed by atoms with Crippen molar-refractivity contribution in [3.8, 4) is 5.88 Å². The van der Waals surface area contributed by atoms with Gasteiger partial charge in [-0.15, -0.1) is 0 Å². The fourth-order valence-corrected chi connectivity index (χ4v) is 4.49. The summed E-state index contributed by atoms with van der Waals surface area (Å²) in [5, 5.41) is 6.10. The van der Waals surface area contributed by atoms with Gasteiger partial charge in [0.1, 0.15) is 22.3 Å². The number of nitrogens with one attached hydrogen (secondary N) is 3. The normalized spacial score (nSPS) is 13.7. The van der Waals surface area contributed by atoms with Crippen molar-refractivity contribution in [1.29, 1.82) is 0 Å². The summed E-state index contributed by atoms with van der Waals surface area (Å²) in [7, 11) is -2.18. The number of carbonyl (C=O) groups excluding carboxylic acids is 1. The Kier molecular flexibility index (Phi) is 8.02. The van der Waals surface area contributed by atoms with Crippen molar-refractivity contribution in [2.45, 2.75) is 6.92 Å². The van der Waals surface area contributed by atoms with Crippen molar-refractivity contribution < 1.29 is 22.3 Å². The standard InChI is InChI=1S/C23H26ClFN8O4S/c1-14(34)32-8-10-33(11-9-32)20-7-6-18(22(29-20)37-2)28-23-26-13-16(24)21(30-23)27-17-5-4-15(25)12-19(17)31-38(3,35)36/h4-7,12-13,31H,8-11H2,1-3H3,(H2,26,27,28,30). The molecule has 1 aliphatic heterocycles. The zero-order valence-electron chi connectivity index (χ0n) is 20.8. The quantitative estimate of drug-likeness (QED) is 0.373. The average Bonchev–Trinajstić information content (AvgIpc) is 2.87. The summed E-state index contributed by atoms with van der Waals surface area (Å²) < 4.78 is 44.9. The molecule has 1 aromatic carbocycles. The molecule has 0 radical (unpaired) electrons. The van der Waals surface area contributed by atoms with Crippen molar-refractivity contribution >= 4 is 62.2 Å². The minimum absolute atomic E-state index is 0.0118. The van der Waals surface area contributed by atoms with Gasteiger partial charge in [-0.05, 0) is 24.3 Å². The number of methoxy groups -OCH3 is 1. The minimum Gasteiger partial charge on any atom is -0.479 e. The number of nitrogens with zero attached hydrogens (tertiary/aromatic N) is 5. The Morgan fingerprint density at radius 3 is 2.42 bits per heavy atom. The zero-order valence-corrected chi connectivity index (χ0v) is 22.4. The SMILES string of the molecule is COc1nc(N2CCN(C(C)=O)CC2)ccc1Nc1ncc(Cl)c(Nc2ccc(F)cc2NS(C)(=O)=O)n1. The first-order chi connectivity index (χ1) is 18.0. The number of ether oxygens (including phenoxy) is 1. The number of sulfonamides is 1. The van der Waals surface area contributed by atoms with E-state index in [1.54, 1.807) is 17.9 Å². The van der Waals surface area contributed by atoms with Crippen LogP contribution in [0.15, 0.2) is 36.5 Å². The third-order valence-corrected chi connectivity index (χ3v) is 6.48. The highest BCUT2D eigenvalue weighted by molar-refractivity contribution is 7.92. The molecule has 38 heavy (non-hydrogen) atoms. The highest BCUT2D eigenvalue weighted by atomic mass is 35.5. The molecule has 1 amide bonds. The lowest BCUT2D eigenvalue weighted by molar-refractivity contribution is -0.129. The Bertz CT molecular complexity index is 1450. The summed E-state index contributed by atoms with van der Waals surface area (Å²) in [4.78, 5) is 28.6. The molecule has 3 aromatic rings. The Labute approximate surface area is 224 Å². The first-order valence-corrected chi connectivity index (χ1v) is 13.7. The van der Waals surface area contributed by atoms with E-state index in [2.05, 4.69) is 35.2 Å². The fourth-order valence-electron chi connectivity index (χ4n) is 3.78. The molecule has 0 unspecified atom stereocenters.